The molecule has 0 aliphatic heterocycles. The van der Waals surface area contributed by atoms with E-state index in [0.717, 1.165) is 22.8 Å². The van der Waals surface area contributed by atoms with Crippen molar-refractivity contribution in [3.8, 4) is 11.5 Å². The number of nitrogens with one attached hydrogen (secondary N) is 1. The number of aromatic nitrogens is 4. The number of hydrogen-bond acceptors (Lipinski definition) is 8. The molecule has 0 amide bonds. The number of nitrogens with zero attached hydrogens (tertiary/aromatic N) is 4. The third-order valence-electron chi connectivity index (χ3n) is 3.90. The van der Waals surface area contributed by atoms with Crippen molar-refractivity contribution in [3.63, 3.8) is 0 Å². The molecule has 2 aromatic carbocycles. The minimum atomic E-state index is -0.358. The highest BCUT2D eigenvalue weighted by Crippen LogP contribution is 2.29. The van der Waals surface area contributed by atoms with E-state index in [9.17, 15) is 0 Å². The van der Waals surface area contributed by atoms with Crippen molar-refractivity contribution in [2.75, 3.05) is 19.2 Å². The van der Waals surface area contributed by atoms with E-state index in [4.69, 9.17) is 14.6 Å². The summed E-state index contributed by atoms with van der Waals surface area (Å²) >= 11 is 1.41. The van der Waals surface area contributed by atoms with Crippen molar-refractivity contribution in [2.24, 2.45) is 0 Å². The topological polar surface area (TPSA) is 93.8 Å². The maximum absolute atomic E-state index is 8.90. The van der Waals surface area contributed by atoms with Crippen LogP contribution in [0.2, 0.25) is 0 Å². The first-order valence-electron chi connectivity index (χ1n) is 8.20. The number of fused-ring (bicyclic) bond motifs is 1. The van der Waals surface area contributed by atoms with E-state index in [0.29, 0.717) is 22.3 Å². The first kappa shape index (κ1) is 17.3. The third-order valence-corrected chi connectivity index (χ3v) is 4.71. The molecule has 0 fully saturated rings. The summed E-state index contributed by atoms with van der Waals surface area (Å²) in [6, 6.07) is 15.1. The minimum absolute atomic E-state index is 0.358. The van der Waals surface area contributed by atoms with E-state index in [2.05, 4.69) is 20.6 Å². The highest BCUT2D eigenvalue weighted by molar-refractivity contribution is 7.20. The second kappa shape index (κ2) is 7.60. The van der Waals surface area contributed by atoms with Crippen LogP contribution in [0.5, 0.6) is 11.5 Å². The number of hydrogen-bond donors (Lipinski definition) is 2. The van der Waals surface area contributed by atoms with Crippen molar-refractivity contribution in [1.82, 2.24) is 19.8 Å². The summed E-state index contributed by atoms with van der Waals surface area (Å²) in [6.07, 6.45) is 0.543. The molecule has 8 nitrogen and oxygen atoms in total. The summed E-state index contributed by atoms with van der Waals surface area (Å²) in [5, 5.41) is 25.9. The van der Waals surface area contributed by atoms with E-state index >= 15 is 0 Å². The molecule has 0 unspecified atom stereocenters. The molecular formula is C18H17N5O3S. The number of benzene rings is 2. The summed E-state index contributed by atoms with van der Waals surface area (Å²) in [6.45, 7) is -0.358. The predicted molar refractivity (Wildman–Crippen MR) is 102 cm³/mol. The molecule has 4 rings (SSSR count). The Morgan fingerprint density at radius 2 is 2.04 bits per heavy atom. The standard InChI is InChI=1S/C18H17N5O3S/c1-25-15-8-3-2-7-14(15)19-17-22-23-16(20-21-18(23)27-17)10-12-5-4-6-13(9-12)26-11-24/h2-9,24H,10-11H2,1H3,(H,19,22). The van der Waals surface area contributed by atoms with Gasteiger partial charge in [0.1, 0.15) is 11.5 Å². The van der Waals surface area contributed by atoms with E-state index in [-0.39, 0.29) is 6.79 Å². The molecule has 0 aliphatic carbocycles. The Hall–Kier alpha value is -3.17. The van der Waals surface area contributed by atoms with Gasteiger partial charge in [-0.1, -0.05) is 35.6 Å². The summed E-state index contributed by atoms with van der Waals surface area (Å²) in [4.78, 5) is 0.699. The maximum Gasteiger partial charge on any atom is 0.236 e. The summed E-state index contributed by atoms with van der Waals surface area (Å²) in [5.74, 6) is 2.06. The van der Waals surface area contributed by atoms with Crippen LogP contribution in [0.3, 0.4) is 0 Å². The van der Waals surface area contributed by atoms with Gasteiger partial charge in [0, 0.05) is 6.42 Å². The smallest absolute Gasteiger partial charge is 0.236 e. The lowest BCUT2D eigenvalue weighted by atomic mass is 10.1. The van der Waals surface area contributed by atoms with Crippen LogP contribution in [0.15, 0.2) is 48.5 Å². The molecule has 27 heavy (non-hydrogen) atoms. The summed E-state index contributed by atoms with van der Waals surface area (Å²) < 4.78 is 12.2. The molecule has 9 heteroatoms. The van der Waals surface area contributed by atoms with Gasteiger partial charge in [0.2, 0.25) is 10.1 Å². The number of anilines is 2. The second-order valence-electron chi connectivity index (χ2n) is 5.64. The fourth-order valence-corrected chi connectivity index (χ4v) is 3.45. The molecule has 2 aromatic heterocycles. The van der Waals surface area contributed by atoms with Gasteiger partial charge in [-0.05, 0) is 29.8 Å². The van der Waals surface area contributed by atoms with Crippen LogP contribution in [-0.4, -0.2) is 38.8 Å². The van der Waals surface area contributed by atoms with Crippen LogP contribution in [0.4, 0.5) is 10.8 Å². The molecular weight excluding hydrogens is 366 g/mol. The average molecular weight is 383 g/mol. The van der Waals surface area contributed by atoms with Crippen LogP contribution in [0.1, 0.15) is 11.4 Å². The van der Waals surface area contributed by atoms with E-state index in [1.54, 1.807) is 17.7 Å². The predicted octanol–water partition coefficient (Wildman–Crippen LogP) is 2.86. The lowest BCUT2D eigenvalue weighted by molar-refractivity contribution is 0.0985. The number of aliphatic hydroxyl groups is 1. The van der Waals surface area contributed by atoms with Gasteiger partial charge in [0.15, 0.2) is 12.6 Å². The molecule has 2 N–H and O–H groups in total. The quantitative estimate of drug-likeness (QED) is 0.474. The number of rotatable bonds is 7. The van der Waals surface area contributed by atoms with E-state index in [1.807, 2.05) is 42.5 Å². The molecule has 2 heterocycles. The Kier molecular flexibility index (Phi) is 4.86. The first-order valence-corrected chi connectivity index (χ1v) is 9.02. The lowest BCUT2D eigenvalue weighted by Gasteiger charge is -2.07. The Morgan fingerprint density at radius 1 is 1.15 bits per heavy atom. The molecule has 0 aliphatic rings. The molecule has 0 saturated carbocycles. The maximum atomic E-state index is 8.90. The zero-order valence-electron chi connectivity index (χ0n) is 14.5. The molecule has 138 valence electrons. The van der Waals surface area contributed by atoms with Gasteiger partial charge in [-0.2, -0.15) is 4.52 Å². The van der Waals surface area contributed by atoms with E-state index < -0.39 is 0 Å². The van der Waals surface area contributed by atoms with Crippen LogP contribution in [0.25, 0.3) is 4.96 Å². The van der Waals surface area contributed by atoms with Crippen LogP contribution in [-0.2, 0) is 6.42 Å². The van der Waals surface area contributed by atoms with Crippen LogP contribution >= 0.6 is 11.3 Å². The van der Waals surface area contributed by atoms with Gasteiger partial charge in [0.05, 0.1) is 12.8 Å². The molecule has 0 atom stereocenters. The van der Waals surface area contributed by atoms with Gasteiger partial charge < -0.3 is 19.9 Å². The highest BCUT2D eigenvalue weighted by atomic mass is 32.1. The van der Waals surface area contributed by atoms with Crippen molar-refractivity contribution in [3.05, 3.63) is 59.9 Å². The zero-order chi connectivity index (χ0) is 18.6. The molecule has 0 bridgehead atoms. The summed E-state index contributed by atoms with van der Waals surface area (Å²) in [7, 11) is 1.63. The Bertz CT molecular complexity index is 1060. The SMILES string of the molecule is COc1ccccc1Nc1nn2c(Cc3cccc(OCO)c3)nnc2s1. The Morgan fingerprint density at radius 3 is 2.89 bits per heavy atom. The summed E-state index contributed by atoms with van der Waals surface area (Å²) in [5.41, 5.74) is 1.82. The number of methoxy groups -OCH3 is 1. The largest absolute Gasteiger partial charge is 0.495 e. The minimum Gasteiger partial charge on any atom is -0.495 e. The number of ether oxygens (including phenoxy) is 2. The molecule has 0 radical (unpaired) electrons. The van der Waals surface area contributed by atoms with Gasteiger partial charge in [-0.25, -0.2) is 0 Å². The molecule has 0 saturated heterocycles. The second-order valence-corrected chi connectivity index (χ2v) is 6.60. The molecule has 4 aromatic rings. The monoisotopic (exact) mass is 383 g/mol. The van der Waals surface area contributed by atoms with Gasteiger partial charge in [-0.15, -0.1) is 15.3 Å². The third kappa shape index (κ3) is 3.69. The molecule has 0 spiro atoms. The average Bonchev–Trinajstić information content (AvgIpc) is 3.24. The van der Waals surface area contributed by atoms with Crippen molar-refractivity contribution in [2.45, 2.75) is 6.42 Å². The van der Waals surface area contributed by atoms with Crippen molar-refractivity contribution >= 4 is 27.1 Å². The normalized spacial score (nSPS) is 10.9. The van der Waals surface area contributed by atoms with Gasteiger partial charge in [0.25, 0.3) is 0 Å². The van der Waals surface area contributed by atoms with Crippen LogP contribution in [0, 0.1) is 0 Å². The number of para-hydroxylation sites is 2. The van der Waals surface area contributed by atoms with Crippen LogP contribution < -0.4 is 14.8 Å². The van der Waals surface area contributed by atoms with Gasteiger partial charge in [-0.3, -0.25) is 0 Å². The number of aliphatic hydroxyl groups excluding tert-OH is 1. The van der Waals surface area contributed by atoms with Crippen molar-refractivity contribution in [1.29, 1.82) is 0 Å². The lowest BCUT2D eigenvalue weighted by Crippen LogP contribution is -2.00. The first-order chi connectivity index (χ1) is 13.3. The fourth-order valence-electron chi connectivity index (χ4n) is 2.68. The highest BCUT2D eigenvalue weighted by Gasteiger charge is 2.13. The van der Waals surface area contributed by atoms with Gasteiger partial charge >= 0.3 is 0 Å². The Labute approximate surface area is 159 Å². The fraction of sp³-hybridized carbons (Fsp3) is 0.167. The Balaban J connectivity index is 1.58. The zero-order valence-corrected chi connectivity index (χ0v) is 15.3. The van der Waals surface area contributed by atoms with E-state index in [1.165, 1.54) is 11.3 Å². The van der Waals surface area contributed by atoms with Crippen molar-refractivity contribution < 1.29 is 14.6 Å².